The zero-order valence-corrected chi connectivity index (χ0v) is 12.3. The molecular formula is C13H12IN3O2. The number of hydrogen-bond donors (Lipinski definition) is 0. The minimum Gasteiger partial charge on any atom is -0.457 e. The van der Waals surface area contributed by atoms with Crippen molar-refractivity contribution in [2.24, 2.45) is 0 Å². The second-order valence-corrected chi connectivity index (χ2v) is 4.78. The van der Waals surface area contributed by atoms with Gasteiger partial charge in [0.1, 0.15) is 10.3 Å². The molecule has 0 spiro atoms. The van der Waals surface area contributed by atoms with E-state index in [1.807, 2.05) is 52.9 Å². The van der Waals surface area contributed by atoms with Gasteiger partial charge in [-0.2, -0.15) is 0 Å². The van der Waals surface area contributed by atoms with E-state index in [1.165, 1.54) is 6.08 Å². The fourth-order valence-corrected chi connectivity index (χ4v) is 2.08. The molecule has 0 N–H and O–H groups in total. The quantitative estimate of drug-likeness (QED) is 0.461. The molecule has 6 heteroatoms. The Morgan fingerprint density at radius 2 is 2.16 bits per heavy atom. The van der Waals surface area contributed by atoms with Gasteiger partial charge in [0, 0.05) is 0 Å². The number of rotatable bonds is 5. The first-order valence-corrected chi connectivity index (χ1v) is 6.71. The molecule has 0 aliphatic carbocycles. The van der Waals surface area contributed by atoms with Crippen molar-refractivity contribution in [3.05, 3.63) is 57.9 Å². The smallest absolute Gasteiger partial charge is 0.362 e. The summed E-state index contributed by atoms with van der Waals surface area (Å²) in [7, 11) is 0. The van der Waals surface area contributed by atoms with Gasteiger partial charge in [0.05, 0.1) is 6.54 Å². The zero-order chi connectivity index (χ0) is 13.7. The molecular weight excluding hydrogens is 357 g/mol. The van der Waals surface area contributed by atoms with Gasteiger partial charge in [-0.05, 0) is 28.2 Å². The molecule has 19 heavy (non-hydrogen) atoms. The number of hydrogen-bond acceptors (Lipinski definition) is 4. The van der Waals surface area contributed by atoms with Crippen molar-refractivity contribution in [2.45, 2.75) is 6.54 Å². The summed E-state index contributed by atoms with van der Waals surface area (Å²) in [6.07, 6.45) is 1.51. The van der Waals surface area contributed by atoms with E-state index < -0.39 is 5.97 Å². The molecule has 0 aliphatic rings. The van der Waals surface area contributed by atoms with E-state index in [4.69, 9.17) is 4.74 Å². The van der Waals surface area contributed by atoms with Gasteiger partial charge in [-0.25, -0.2) is 9.48 Å². The first-order valence-electron chi connectivity index (χ1n) is 5.63. The highest BCUT2D eigenvalue weighted by molar-refractivity contribution is 14.1. The predicted octanol–water partition coefficient (Wildman–Crippen LogP) is 2.27. The van der Waals surface area contributed by atoms with Gasteiger partial charge in [0.25, 0.3) is 0 Å². The van der Waals surface area contributed by atoms with E-state index in [0.29, 0.717) is 10.2 Å². The normalized spacial score (nSPS) is 10.2. The zero-order valence-electron chi connectivity index (χ0n) is 10.1. The lowest BCUT2D eigenvalue weighted by Crippen LogP contribution is -2.09. The fraction of sp³-hybridized carbons (Fsp3) is 0.154. The van der Waals surface area contributed by atoms with Crippen molar-refractivity contribution < 1.29 is 9.53 Å². The number of carbonyl (C=O) groups is 1. The van der Waals surface area contributed by atoms with Crippen LogP contribution in [0.1, 0.15) is 16.1 Å². The van der Waals surface area contributed by atoms with E-state index in [0.717, 1.165) is 5.56 Å². The molecule has 0 atom stereocenters. The molecule has 2 aromatic rings. The maximum Gasteiger partial charge on any atom is 0.362 e. The second-order valence-electron chi connectivity index (χ2n) is 3.76. The molecule has 0 saturated heterocycles. The average molecular weight is 369 g/mol. The standard InChI is InChI=1S/C13H12IN3O2/c1-2-8-19-13(18)11-12(14)17(16-15-11)9-10-6-4-3-5-7-10/h2-7H,1,8-9H2. The number of nitrogens with zero attached hydrogens (tertiary/aromatic N) is 3. The molecule has 0 radical (unpaired) electrons. The summed E-state index contributed by atoms with van der Waals surface area (Å²) >= 11 is 2.04. The molecule has 1 aromatic carbocycles. The molecule has 5 nitrogen and oxygen atoms in total. The summed E-state index contributed by atoms with van der Waals surface area (Å²) in [5, 5.41) is 7.83. The van der Waals surface area contributed by atoms with Crippen LogP contribution >= 0.6 is 22.6 Å². The van der Waals surface area contributed by atoms with Crippen LogP contribution in [0.3, 0.4) is 0 Å². The summed E-state index contributed by atoms with van der Waals surface area (Å²) < 4.78 is 7.27. The average Bonchev–Trinajstić information content (AvgIpc) is 2.79. The van der Waals surface area contributed by atoms with E-state index in [2.05, 4.69) is 16.9 Å². The van der Waals surface area contributed by atoms with Crippen molar-refractivity contribution in [3.8, 4) is 0 Å². The Morgan fingerprint density at radius 1 is 1.42 bits per heavy atom. The first-order chi connectivity index (χ1) is 9.22. The first kappa shape index (κ1) is 13.7. The van der Waals surface area contributed by atoms with Gasteiger partial charge in [-0.3, -0.25) is 0 Å². The van der Waals surface area contributed by atoms with Crippen molar-refractivity contribution in [3.63, 3.8) is 0 Å². The monoisotopic (exact) mass is 369 g/mol. The van der Waals surface area contributed by atoms with Crippen molar-refractivity contribution in [1.29, 1.82) is 0 Å². The Hall–Kier alpha value is -1.70. The Bertz CT molecular complexity index is 581. The Balaban J connectivity index is 2.14. The third-order valence-electron chi connectivity index (χ3n) is 2.38. The van der Waals surface area contributed by atoms with Gasteiger partial charge in [0.15, 0.2) is 0 Å². The molecule has 2 rings (SSSR count). The molecule has 0 unspecified atom stereocenters. The van der Waals surface area contributed by atoms with Gasteiger partial charge in [-0.1, -0.05) is 48.2 Å². The van der Waals surface area contributed by atoms with Gasteiger partial charge < -0.3 is 4.74 Å². The van der Waals surface area contributed by atoms with Crippen molar-refractivity contribution in [1.82, 2.24) is 15.0 Å². The van der Waals surface area contributed by atoms with E-state index >= 15 is 0 Å². The number of benzene rings is 1. The highest BCUT2D eigenvalue weighted by Crippen LogP contribution is 2.12. The van der Waals surface area contributed by atoms with Crippen molar-refractivity contribution >= 4 is 28.6 Å². The van der Waals surface area contributed by atoms with E-state index in [-0.39, 0.29) is 12.3 Å². The third kappa shape index (κ3) is 3.40. The molecule has 1 heterocycles. The molecule has 98 valence electrons. The van der Waals surface area contributed by atoms with Crippen LogP contribution in [-0.2, 0) is 11.3 Å². The number of carbonyl (C=O) groups excluding carboxylic acids is 1. The molecule has 0 amide bonds. The summed E-state index contributed by atoms with van der Waals surface area (Å²) in [6, 6.07) is 9.85. The van der Waals surface area contributed by atoms with Crippen LogP contribution in [0.25, 0.3) is 0 Å². The SMILES string of the molecule is C=CCOC(=O)c1nnn(Cc2ccccc2)c1I. The highest BCUT2D eigenvalue weighted by Gasteiger charge is 2.18. The van der Waals surface area contributed by atoms with Crippen molar-refractivity contribution in [2.75, 3.05) is 6.61 Å². The summed E-state index contributed by atoms with van der Waals surface area (Å²) in [4.78, 5) is 11.7. The lowest BCUT2D eigenvalue weighted by molar-refractivity contribution is 0.0541. The van der Waals surface area contributed by atoms with Gasteiger partial charge in [0.2, 0.25) is 5.69 Å². The number of ether oxygens (including phenoxy) is 1. The lowest BCUT2D eigenvalue weighted by Gasteiger charge is -2.02. The predicted molar refractivity (Wildman–Crippen MR) is 78.8 cm³/mol. The Kier molecular flexibility index (Phi) is 4.67. The largest absolute Gasteiger partial charge is 0.457 e. The second kappa shape index (κ2) is 6.46. The third-order valence-corrected chi connectivity index (χ3v) is 3.44. The summed E-state index contributed by atoms with van der Waals surface area (Å²) in [6.45, 7) is 4.23. The topological polar surface area (TPSA) is 57.0 Å². The summed E-state index contributed by atoms with van der Waals surface area (Å²) in [5.74, 6) is -0.483. The van der Waals surface area contributed by atoms with Crippen LogP contribution in [0.5, 0.6) is 0 Å². The molecule has 1 aromatic heterocycles. The Morgan fingerprint density at radius 3 is 2.84 bits per heavy atom. The maximum atomic E-state index is 11.7. The number of halogens is 1. The number of esters is 1. The van der Waals surface area contributed by atoms with Gasteiger partial charge in [-0.15, -0.1) is 5.10 Å². The fourth-order valence-electron chi connectivity index (χ4n) is 1.49. The molecule has 0 bridgehead atoms. The Labute approximate surface area is 124 Å². The van der Waals surface area contributed by atoms with E-state index in [1.54, 1.807) is 4.68 Å². The van der Waals surface area contributed by atoms with Crippen LogP contribution in [0.4, 0.5) is 0 Å². The number of aromatic nitrogens is 3. The highest BCUT2D eigenvalue weighted by atomic mass is 127. The van der Waals surface area contributed by atoms with Crippen LogP contribution in [0.2, 0.25) is 0 Å². The van der Waals surface area contributed by atoms with Gasteiger partial charge >= 0.3 is 5.97 Å². The van der Waals surface area contributed by atoms with E-state index in [9.17, 15) is 4.79 Å². The van der Waals surface area contributed by atoms with Crippen LogP contribution in [-0.4, -0.2) is 27.6 Å². The molecule has 0 aliphatic heterocycles. The minimum absolute atomic E-state index is 0.167. The summed E-state index contributed by atoms with van der Waals surface area (Å²) in [5.41, 5.74) is 1.33. The van der Waals surface area contributed by atoms with Crippen LogP contribution in [0.15, 0.2) is 43.0 Å². The maximum absolute atomic E-state index is 11.7. The lowest BCUT2D eigenvalue weighted by atomic mass is 10.2. The minimum atomic E-state index is -0.483. The molecule has 0 fully saturated rings. The molecule has 0 saturated carbocycles. The van der Waals surface area contributed by atoms with Crippen LogP contribution < -0.4 is 0 Å². The van der Waals surface area contributed by atoms with Crippen LogP contribution in [0, 0.1) is 3.70 Å².